The van der Waals surface area contributed by atoms with Gasteiger partial charge in [0, 0.05) is 16.7 Å². The van der Waals surface area contributed by atoms with E-state index in [0.717, 1.165) is 61.0 Å². The third-order valence-electron chi connectivity index (χ3n) is 13.5. The highest BCUT2D eigenvalue weighted by Gasteiger charge is 2.24. The number of benzene rings is 11. The van der Waals surface area contributed by atoms with E-state index in [1.807, 2.05) is 42.5 Å². The number of fused-ring (bicyclic) bond motifs is 6. The maximum Gasteiger partial charge on any atom is 0.187 e. The first-order chi connectivity index (χ1) is 33.6. The van der Waals surface area contributed by atoms with E-state index < -0.39 is 0 Å². The molecule has 68 heavy (non-hydrogen) atoms. The van der Waals surface area contributed by atoms with E-state index in [0.29, 0.717) is 23.2 Å². The SMILES string of the molecule is [C-]#[N+]c1ccc(-c2cccc(-c3cccc4c3ccc3ccccc34)c2)c(-c2ccc(-c3ccc(-c4nc(-c5ccccc5)nc(-c5ccc6c7c(cccc57)-c5ccccc5-6)n4)cc3)cc2)c1. The molecule has 1 aliphatic carbocycles. The minimum absolute atomic E-state index is 0.608. The highest BCUT2D eigenvalue weighted by atomic mass is 15.0. The van der Waals surface area contributed by atoms with Crippen molar-refractivity contribution < 1.29 is 0 Å². The molecule has 0 bridgehead atoms. The summed E-state index contributed by atoms with van der Waals surface area (Å²) in [6, 6.07) is 81.2. The summed E-state index contributed by atoms with van der Waals surface area (Å²) in [6.07, 6.45) is 0. The lowest BCUT2D eigenvalue weighted by molar-refractivity contribution is 1.08. The fraction of sp³-hybridized carbons (Fsp3) is 0. The molecule has 0 radical (unpaired) electrons. The molecular formula is C64H38N4. The van der Waals surface area contributed by atoms with Crippen molar-refractivity contribution in [2.45, 2.75) is 0 Å². The second kappa shape index (κ2) is 16.0. The Morgan fingerprint density at radius 1 is 0.265 bits per heavy atom. The van der Waals surface area contributed by atoms with Crippen LogP contribution < -0.4 is 0 Å². The van der Waals surface area contributed by atoms with Crippen LogP contribution in [0.2, 0.25) is 0 Å². The molecule has 1 aliphatic rings. The minimum atomic E-state index is 0.608. The Bertz CT molecular complexity index is 3990. The highest BCUT2D eigenvalue weighted by Crippen LogP contribution is 2.49. The van der Waals surface area contributed by atoms with Crippen LogP contribution in [0.5, 0.6) is 0 Å². The molecule has 13 rings (SSSR count). The van der Waals surface area contributed by atoms with Crippen molar-refractivity contribution in [3.63, 3.8) is 0 Å². The zero-order valence-electron chi connectivity index (χ0n) is 36.7. The molecule has 0 spiro atoms. The lowest BCUT2D eigenvalue weighted by Gasteiger charge is -2.14. The Morgan fingerprint density at radius 2 is 0.779 bits per heavy atom. The van der Waals surface area contributed by atoms with Gasteiger partial charge in [-0.2, -0.15) is 0 Å². The van der Waals surface area contributed by atoms with Gasteiger partial charge in [0.25, 0.3) is 0 Å². The fourth-order valence-electron chi connectivity index (χ4n) is 10.2. The van der Waals surface area contributed by atoms with E-state index in [-0.39, 0.29) is 0 Å². The van der Waals surface area contributed by atoms with Gasteiger partial charge in [0.15, 0.2) is 23.2 Å². The van der Waals surface area contributed by atoms with Crippen molar-refractivity contribution >= 4 is 38.0 Å². The number of rotatable bonds is 7. The third kappa shape index (κ3) is 6.56. The van der Waals surface area contributed by atoms with Gasteiger partial charge < -0.3 is 0 Å². The van der Waals surface area contributed by atoms with E-state index in [9.17, 15) is 0 Å². The summed E-state index contributed by atoms with van der Waals surface area (Å²) >= 11 is 0. The Morgan fingerprint density at radius 3 is 1.53 bits per heavy atom. The molecule has 0 saturated heterocycles. The smallest absolute Gasteiger partial charge is 0.187 e. The molecule has 0 fully saturated rings. The molecule has 4 nitrogen and oxygen atoms in total. The molecule has 1 aromatic heterocycles. The van der Waals surface area contributed by atoms with Gasteiger partial charge in [0.1, 0.15) is 0 Å². The first-order valence-corrected chi connectivity index (χ1v) is 22.9. The van der Waals surface area contributed by atoms with E-state index in [4.69, 9.17) is 21.5 Å². The Kier molecular flexibility index (Phi) is 9.20. The van der Waals surface area contributed by atoms with Crippen LogP contribution >= 0.6 is 0 Å². The summed E-state index contributed by atoms with van der Waals surface area (Å²) in [5.41, 5.74) is 17.2. The fourth-order valence-corrected chi connectivity index (χ4v) is 10.2. The Labute approximate surface area is 394 Å². The summed E-state index contributed by atoms with van der Waals surface area (Å²) < 4.78 is 0. The number of aromatic nitrogens is 3. The van der Waals surface area contributed by atoms with Gasteiger partial charge in [0.2, 0.25) is 0 Å². The Balaban J connectivity index is 0.837. The molecule has 4 heteroatoms. The van der Waals surface area contributed by atoms with Crippen molar-refractivity contribution in [3.8, 4) is 101 Å². The van der Waals surface area contributed by atoms with Crippen molar-refractivity contribution in [3.05, 3.63) is 242 Å². The van der Waals surface area contributed by atoms with Gasteiger partial charge in [-0.3, -0.25) is 0 Å². The van der Waals surface area contributed by atoms with Gasteiger partial charge in [0.05, 0.1) is 6.57 Å². The minimum Gasteiger partial charge on any atom is -0.238 e. The predicted molar refractivity (Wildman–Crippen MR) is 281 cm³/mol. The van der Waals surface area contributed by atoms with Crippen LogP contribution in [-0.2, 0) is 0 Å². The molecule has 0 atom stereocenters. The average Bonchev–Trinajstić information content (AvgIpc) is 3.75. The van der Waals surface area contributed by atoms with Crippen LogP contribution in [0.25, 0.3) is 138 Å². The summed E-state index contributed by atoms with van der Waals surface area (Å²) in [6.45, 7) is 7.88. The third-order valence-corrected chi connectivity index (χ3v) is 13.5. The summed E-state index contributed by atoms with van der Waals surface area (Å²) in [5.74, 6) is 1.89. The van der Waals surface area contributed by atoms with Crippen molar-refractivity contribution in [2.75, 3.05) is 0 Å². The zero-order chi connectivity index (χ0) is 45.1. The molecule has 0 aliphatic heterocycles. The number of hydrogen-bond donors (Lipinski definition) is 0. The van der Waals surface area contributed by atoms with Crippen LogP contribution in [0.15, 0.2) is 231 Å². The Hall–Kier alpha value is -9.30. The van der Waals surface area contributed by atoms with Gasteiger partial charge in [-0.1, -0.05) is 212 Å². The predicted octanol–water partition coefficient (Wildman–Crippen LogP) is 17.2. The maximum atomic E-state index is 7.88. The van der Waals surface area contributed by atoms with Crippen LogP contribution in [-0.4, -0.2) is 15.0 Å². The largest absolute Gasteiger partial charge is 0.238 e. The first kappa shape index (κ1) is 39.1. The second-order valence-corrected chi connectivity index (χ2v) is 17.4. The molecule has 12 aromatic rings. The van der Waals surface area contributed by atoms with E-state index in [1.165, 1.54) is 54.7 Å². The molecule has 11 aromatic carbocycles. The molecule has 314 valence electrons. The maximum absolute atomic E-state index is 7.88. The van der Waals surface area contributed by atoms with Crippen LogP contribution in [0.3, 0.4) is 0 Å². The lowest BCUT2D eigenvalue weighted by Crippen LogP contribution is -2.00. The van der Waals surface area contributed by atoms with Gasteiger partial charge in [-0.15, -0.1) is 0 Å². The lowest BCUT2D eigenvalue weighted by atomic mass is 9.90. The van der Waals surface area contributed by atoms with Crippen molar-refractivity contribution in [1.82, 2.24) is 15.0 Å². The summed E-state index contributed by atoms with van der Waals surface area (Å²) in [4.78, 5) is 19.2. The number of hydrogen-bond acceptors (Lipinski definition) is 3. The van der Waals surface area contributed by atoms with Gasteiger partial charge >= 0.3 is 0 Å². The van der Waals surface area contributed by atoms with Crippen molar-refractivity contribution in [2.24, 2.45) is 0 Å². The molecule has 0 amide bonds. The van der Waals surface area contributed by atoms with Gasteiger partial charge in [-0.25, -0.2) is 19.8 Å². The first-order valence-electron chi connectivity index (χ1n) is 22.9. The van der Waals surface area contributed by atoms with Crippen molar-refractivity contribution in [1.29, 1.82) is 0 Å². The van der Waals surface area contributed by atoms with E-state index in [2.05, 4.69) is 193 Å². The summed E-state index contributed by atoms with van der Waals surface area (Å²) in [7, 11) is 0. The summed E-state index contributed by atoms with van der Waals surface area (Å²) in [5, 5.41) is 7.33. The van der Waals surface area contributed by atoms with Gasteiger partial charge in [-0.05, 0) is 117 Å². The molecule has 0 saturated carbocycles. The zero-order valence-corrected chi connectivity index (χ0v) is 36.7. The molecular weight excluding hydrogens is 825 g/mol. The molecule has 0 N–H and O–H groups in total. The van der Waals surface area contributed by atoms with Crippen LogP contribution in [0, 0.1) is 6.57 Å². The molecule has 0 unspecified atom stereocenters. The topological polar surface area (TPSA) is 43.0 Å². The number of nitrogens with zero attached hydrogens (tertiary/aromatic N) is 4. The second-order valence-electron chi connectivity index (χ2n) is 17.4. The van der Waals surface area contributed by atoms with Crippen LogP contribution in [0.1, 0.15) is 0 Å². The normalized spacial score (nSPS) is 11.5. The molecule has 1 heterocycles. The average molecular weight is 863 g/mol. The van der Waals surface area contributed by atoms with E-state index in [1.54, 1.807) is 0 Å². The monoisotopic (exact) mass is 862 g/mol. The van der Waals surface area contributed by atoms with Crippen LogP contribution in [0.4, 0.5) is 5.69 Å². The standard InChI is InChI=1S/C64H38N4/c1-65-48-33-35-51(47-16-9-15-46(38-47)50-20-10-21-52-49-17-6-5-12-42(49)32-34-55(50)52)60(39-48)43-28-24-40(25-29-43)41-26-30-45(31-27-41)63-66-62(44-13-3-2-4-14-44)67-64(68-63)59-37-36-58-54-19-8-7-18-53(54)56-22-11-23-57(59)61(56)58/h2-39H. The van der Waals surface area contributed by atoms with E-state index >= 15 is 0 Å². The highest BCUT2D eigenvalue weighted by molar-refractivity contribution is 6.18. The quantitative estimate of drug-likeness (QED) is 0.118.